The van der Waals surface area contributed by atoms with Gasteiger partial charge in [-0.1, -0.05) is 18.7 Å². The Morgan fingerprint density at radius 3 is 2.65 bits per heavy atom. The molecule has 1 aromatic carbocycles. The van der Waals surface area contributed by atoms with Gasteiger partial charge in [0.05, 0.1) is 11.4 Å². The Bertz CT molecular complexity index is 1160. The highest BCUT2D eigenvalue weighted by atomic mass is 32.2. The first-order valence-corrected chi connectivity index (χ1v) is 11.5. The molecule has 0 unspecified atom stereocenters. The summed E-state index contributed by atoms with van der Waals surface area (Å²) in [6.45, 7) is 2.83. The van der Waals surface area contributed by atoms with Gasteiger partial charge in [0, 0.05) is 35.4 Å². The van der Waals surface area contributed by atoms with E-state index < -0.39 is 0 Å². The van der Waals surface area contributed by atoms with E-state index in [1.165, 1.54) is 35.2 Å². The summed E-state index contributed by atoms with van der Waals surface area (Å²) in [4.78, 5) is 20.9. The van der Waals surface area contributed by atoms with Crippen molar-refractivity contribution in [3.63, 3.8) is 0 Å². The minimum Gasteiger partial charge on any atom is -0.302 e. The normalized spacial score (nSPS) is 10.9. The van der Waals surface area contributed by atoms with Crippen molar-refractivity contribution in [1.82, 2.24) is 24.7 Å². The van der Waals surface area contributed by atoms with Crippen LogP contribution in [0.3, 0.4) is 0 Å². The van der Waals surface area contributed by atoms with Crippen LogP contribution in [0.2, 0.25) is 0 Å². The monoisotopic (exact) mass is 454 g/mol. The molecule has 7 nitrogen and oxygen atoms in total. The summed E-state index contributed by atoms with van der Waals surface area (Å²) in [7, 11) is 0. The van der Waals surface area contributed by atoms with Gasteiger partial charge in [-0.25, -0.2) is 9.37 Å². The number of rotatable bonds is 8. The lowest BCUT2D eigenvalue weighted by molar-refractivity contribution is -0.113. The number of anilines is 1. The number of benzene rings is 1. The lowest BCUT2D eigenvalue weighted by Crippen LogP contribution is -2.14. The molecule has 31 heavy (non-hydrogen) atoms. The average Bonchev–Trinajstić information content (AvgIpc) is 3.41. The van der Waals surface area contributed by atoms with E-state index in [0.29, 0.717) is 16.0 Å². The van der Waals surface area contributed by atoms with E-state index in [1.54, 1.807) is 24.5 Å². The highest BCUT2D eigenvalue weighted by molar-refractivity contribution is 7.99. The number of pyridine rings is 1. The van der Waals surface area contributed by atoms with E-state index in [-0.39, 0.29) is 17.5 Å². The molecule has 3 aromatic heterocycles. The van der Waals surface area contributed by atoms with Crippen molar-refractivity contribution in [3.8, 4) is 22.6 Å². The summed E-state index contributed by atoms with van der Waals surface area (Å²) in [5.74, 6) is 0.467. The van der Waals surface area contributed by atoms with Crippen LogP contribution in [-0.4, -0.2) is 36.4 Å². The van der Waals surface area contributed by atoms with Crippen LogP contribution < -0.4 is 5.32 Å². The zero-order valence-corrected chi connectivity index (χ0v) is 18.3. The molecule has 3 heterocycles. The van der Waals surface area contributed by atoms with Gasteiger partial charge < -0.3 is 9.88 Å². The number of nitrogens with one attached hydrogen (secondary N) is 1. The molecule has 0 spiro atoms. The Morgan fingerprint density at radius 2 is 1.90 bits per heavy atom. The number of hydrogen-bond acceptors (Lipinski definition) is 7. The lowest BCUT2D eigenvalue weighted by Gasteiger charge is -2.08. The zero-order chi connectivity index (χ0) is 21.6. The van der Waals surface area contributed by atoms with Crippen molar-refractivity contribution >= 4 is 34.1 Å². The number of thiazole rings is 1. The fourth-order valence-corrected chi connectivity index (χ4v) is 4.41. The largest absolute Gasteiger partial charge is 0.302 e. The Balaban J connectivity index is 1.40. The van der Waals surface area contributed by atoms with Gasteiger partial charge >= 0.3 is 0 Å². The number of carbonyl (C=O) groups excluding carboxylic acids is 1. The standard InChI is InChI=1S/C21H19FN6OS2/c1-2-11-28-19(15-7-9-23-10-8-15)26-27-21(28)31-13-18(29)25-20-24-17(12-30-20)14-3-5-16(22)6-4-14/h3-10,12H,2,11,13H2,1H3,(H,24,25,29). The number of amides is 1. The molecule has 0 bridgehead atoms. The first-order valence-electron chi connectivity index (χ1n) is 9.61. The van der Waals surface area contributed by atoms with Crippen molar-refractivity contribution in [1.29, 1.82) is 0 Å². The molecule has 1 N–H and O–H groups in total. The molecule has 4 aromatic rings. The van der Waals surface area contributed by atoms with E-state index in [2.05, 4.69) is 32.4 Å². The lowest BCUT2D eigenvalue weighted by atomic mass is 10.2. The fraction of sp³-hybridized carbons (Fsp3) is 0.190. The quantitative estimate of drug-likeness (QED) is 0.387. The minimum atomic E-state index is -0.299. The van der Waals surface area contributed by atoms with E-state index in [0.717, 1.165) is 29.9 Å². The van der Waals surface area contributed by atoms with Gasteiger partial charge in [0.1, 0.15) is 5.82 Å². The third-order valence-electron chi connectivity index (χ3n) is 4.33. The van der Waals surface area contributed by atoms with Crippen molar-refractivity contribution < 1.29 is 9.18 Å². The second-order valence-electron chi connectivity index (χ2n) is 6.58. The second kappa shape index (κ2) is 9.80. The van der Waals surface area contributed by atoms with E-state index in [9.17, 15) is 9.18 Å². The average molecular weight is 455 g/mol. The first-order chi connectivity index (χ1) is 15.1. The molecular formula is C21H19FN6OS2. The maximum atomic E-state index is 13.1. The molecule has 0 atom stereocenters. The zero-order valence-electron chi connectivity index (χ0n) is 16.7. The van der Waals surface area contributed by atoms with Crippen molar-refractivity contribution in [3.05, 3.63) is 60.0 Å². The van der Waals surface area contributed by atoms with Crippen molar-refractivity contribution in [2.45, 2.75) is 25.0 Å². The third-order valence-corrected chi connectivity index (χ3v) is 6.05. The van der Waals surface area contributed by atoms with Gasteiger partial charge in [0.25, 0.3) is 0 Å². The van der Waals surface area contributed by atoms with Gasteiger partial charge in [-0.05, 0) is 42.8 Å². The fourth-order valence-electron chi connectivity index (χ4n) is 2.91. The van der Waals surface area contributed by atoms with E-state index in [4.69, 9.17) is 0 Å². The number of thioether (sulfide) groups is 1. The molecule has 4 rings (SSSR count). The van der Waals surface area contributed by atoms with Gasteiger partial charge in [0.15, 0.2) is 16.1 Å². The third kappa shape index (κ3) is 5.15. The van der Waals surface area contributed by atoms with Crippen LogP contribution in [0.1, 0.15) is 13.3 Å². The molecule has 0 saturated heterocycles. The van der Waals surface area contributed by atoms with Crippen LogP contribution in [0.4, 0.5) is 9.52 Å². The Labute approximate surface area is 186 Å². The highest BCUT2D eigenvalue weighted by Gasteiger charge is 2.16. The molecule has 0 radical (unpaired) electrons. The maximum absolute atomic E-state index is 13.1. The second-order valence-corrected chi connectivity index (χ2v) is 8.38. The SMILES string of the molecule is CCCn1c(SCC(=O)Nc2nc(-c3ccc(F)cc3)cs2)nnc1-c1ccncc1. The van der Waals surface area contributed by atoms with Crippen molar-refractivity contribution in [2.75, 3.05) is 11.1 Å². The van der Waals surface area contributed by atoms with Crippen LogP contribution in [-0.2, 0) is 11.3 Å². The molecule has 0 fully saturated rings. The molecule has 158 valence electrons. The number of hydrogen-bond donors (Lipinski definition) is 1. The van der Waals surface area contributed by atoms with Gasteiger partial charge in [-0.3, -0.25) is 9.78 Å². The smallest absolute Gasteiger partial charge is 0.236 e. The topological polar surface area (TPSA) is 85.6 Å². The van der Waals surface area contributed by atoms with Crippen LogP contribution >= 0.6 is 23.1 Å². The number of nitrogens with zero attached hydrogens (tertiary/aromatic N) is 5. The van der Waals surface area contributed by atoms with E-state index >= 15 is 0 Å². The summed E-state index contributed by atoms with van der Waals surface area (Å²) in [6, 6.07) is 9.86. The molecule has 10 heteroatoms. The summed E-state index contributed by atoms with van der Waals surface area (Å²) in [5.41, 5.74) is 2.42. The molecular weight excluding hydrogens is 435 g/mol. The van der Waals surface area contributed by atoms with Crippen LogP contribution in [0.15, 0.2) is 59.3 Å². The molecule has 0 aliphatic carbocycles. The summed E-state index contributed by atoms with van der Waals surface area (Å²) < 4.78 is 15.1. The van der Waals surface area contributed by atoms with Gasteiger partial charge in [-0.2, -0.15) is 0 Å². The number of halogens is 1. The van der Waals surface area contributed by atoms with Gasteiger partial charge in [0.2, 0.25) is 5.91 Å². The summed E-state index contributed by atoms with van der Waals surface area (Å²) >= 11 is 2.66. The van der Waals surface area contributed by atoms with Gasteiger partial charge in [-0.15, -0.1) is 21.5 Å². The first kappa shape index (κ1) is 21.1. The van der Waals surface area contributed by atoms with E-state index in [1.807, 2.05) is 22.1 Å². The maximum Gasteiger partial charge on any atom is 0.236 e. The molecule has 0 aliphatic rings. The van der Waals surface area contributed by atoms with Crippen LogP contribution in [0, 0.1) is 5.82 Å². The molecule has 0 aliphatic heterocycles. The Morgan fingerprint density at radius 1 is 1.13 bits per heavy atom. The Kier molecular flexibility index (Phi) is 6.68. The number of carbonyl (C=O) groups is 1. The van der Waals surface area contributed by atoms with Crippen molar-refractivity contribution in [2.24, 2.45) is 0 Å². The summed E-state index contributed by atoms with van der Waals surface area (Å²) in [6.07, 6.45) is 4.35. The predicted octanol–water partition coefficient (Wildman–Crippen LogP) is 4.74. The molecule has 1 amide bonds. The minimum absolute atomic E-state index is 0.179. The van der Waals surface area contributed by atoms with Crippen LogP contribution in [0.25, 0.3) is 22.6 Å². The Hall–Kier alpha value is -3.11. The predicted molar refractivity (Wildman–Crippen MR) is 120 cm³/mol. The highest BCUT2D eigenvalue weighted by Crippen LogP contribution is 2.26. The summed E-state index contributed by atoms with van der Waals surface area (Å²) in [5, 5.41) is 14.4. The van der Waals surface area contributed by atoms with Crippen LogP contribution in [0.5, 0.6) is 0 Å². The molecule has 0 saturated carbocycles. The number of aromatic nitrogens is 5.